The van der Waals surface area contributed by atoms with Crippen LogP contribution in [0.3, 0.4) is 0 Å². The molecule has 1 heterocycles. The lowest BCUT2D eigenvalue weighted by molar-refractivity contribution is -0.0179. The van der Waals surface area contributed by atoms with Crippen molar-refractivity contribution in [3.8, 4) is 0 Å². The number of hydrogen-bond acceptors (Lipinski definition) is 2. The minimum atomic E-state index is 0.217. The fourth-order valence-electron chi connectivity index (χ4n) is 4.86. The third kappa shape index (κ3) is 4.03. The molecule has 1 aromatic rings. The van der Waals surface area contributed by atoms with E-state index in [0.29, 0.717) is 6.04 Å². The lowest BCUT2D eigenvalue weighted by Crippen LogP contribution is -2.34. The van der Waals surface area contributed by atoms with E-state index in [4.69, 9.17) is 4.74 Å². The zero-order chi connectivity index (χ0) is 16.9. The van der Waals surface area contributed by atoms with Crippen LogP contribution in [0.4, 0.5) is 0 Å². The van der Waals surface area contributed by atoms with E-state index in [1.165, 1.54) is 56.9 Å². The van der Waals surface area contributed by atoms with E-state index in [9.17, 15) is 0 Å². The van der Waals surface area contributed by atoms with Gasteiger partial charge in [0, 0.05) is 6.04 Å². The molecule has 1 saturated carbocycles. The maximum absolute atomic E-state index is 6.57. The summed E-state index contributed by atoms with van der Waals surface area (Å²) < 4.78 is 6.57. The van der Waals surface area contributed by atoms with Crippen molar-refractivity contribution in [2.45, 2.75) is 83.6 Å². The van der Waals surface area contributed by atoms with Crippen molar-refractivity contribution in [3.63, 3.8) is 0 Å². The van der Waals surface area contributed by atoms with Gasteiger partial charge in [-0.2, -0.15) is 0 Å². The van der Waals surface area contributed by atoms with Crippen LogP contribution in [0.25, 0.3) is 0 Å². The summed E-state index contributed by atoms with van der Waals surface area (Å²) in [4.78, 5) is 2.48. The molecule has 2 fully saturated rings. The molecule has 2 nitrogen and oxygen atoms in total. The average molecular weight is 330 g/mol. The first-order valence-corrected chi connectivity index (χ1v) is 10.1. The molecule has 0 N–H and O–H groups in total. The van der Waals surface area contributed by atoms with Crippen LogP contribution in [0.1, 0.15) is 76.9 Å². The van der Waals surface area contributed by atoms with Crippen LogP contribution >= 0.6 is 0 Å². The fourth-order valence-corrected chi connectivity index (χ4v) is 4.86. The van der Waals surface area contributed by atoms with E-state index in [0.717, 1.165) is 11.8 Å². The third-order valence-electron chi connectivity index (χ3n) is 6.45. The van der Waals surface area contributed by atoms with Crippen LogP contribution in [-0.2, 0) is 4.74 Å². The lowest BCUT2D eigenvalue weighted by Gasteiger charge is -2.33. The molecule has 0 amide bonds. The van der Waals surface area contributed by atoms with Crippen molar-refractivity contribution in [1.29, 1.82) is 0 Å². The van der Waals surface area contributed by atoms with Crippen LogP contribution in [-0.4, -0.2) is 24.2 Å². The van der Waals surface area contributed by atoms with Crippen LogP contribution in [0, 0.1) is 11.8 Å². The van der Waals surface area contributed by atoms with E-state index in [2.05, 4.69) is 56.1 Å². The maximum atomic E-state index is 6.57. The van der Waals surface area contributed by atoms with Crippen molar-refractivity contribution in [2.75, 3.05) is 7.05 Å². The highest BCUT2D eigenvalue weighted by molar-refractivity contribution is 5.20. The highest BCUT2D eigenvalue weighted by Crippen LogP contribution is 2.40. The molecule has 1 aliphatic carbocycles. The van der Waals surface area contributed by atoms with Crippen molar-refractivity contribution in [1.82, 2.24) is 4.90 Å². The average Bonchev–Trinajstić information content (AvgIpc) is 2.91. The Morgan fingerprint density at radius 3 is 2.50 bits per heavy atom. The van der Waals surface area contributed by atoms with Gasteiger partial charge in [0.05, 0.1) is 6.10 Å². The first kappa shape index (κ1) is 17.9. The SMILES string of the molecule is CCC[C@@H](C[C@@H]1O[C@H](c2ccccc2)[C@H](C)N1C)C1CCCCC1. The molecule has 3 rings (SSSR count). The Morgan fingerprint density at radius 2 is 1.83 bits per heavy atom. The molecule has 0 aromatic heterocycles. The van der Waals surface area contributed by atoms with Crippen LogP contribution in [0.15, 0.2) is 30.3 Å². The molecule has 134 valence electrons. The molecule has 1 aromatic carbocycles. The summed E-state index contributed by atoms with van der Waals surface area (Å²) >= 11 is 0. The van der Waals surface area contributed by atoms with E-state index >= 15 is 0 Å². The van der Waals surface area contributed by atoms with Gasteiger partial charge < -0.3 is 4.74 Å². The van der Waals surface area contributed by atoms with Gasteiger partial charge in [0.2, 0.25) is 0 Å². The van der Waals surface area contributed by atoms with Gasteiger partial charge in [-0.25, -0.2) is 0 Å². The Kier molecular flexibility index (Phi) is 6.35. The second kappa shape index (κ2) is 8.49. The molecule has 0 radical (unpaired) electrons. The summed E-state index contributed by atoms with van der Waals surface area (Å²) in [7, 11) is 2.25. The Bertz CT molecular complexity index is 482. The smallest absolute Gasteiger partial charge is 0.111 e. The van der Waals surface area contributed by atoms with Gasteiger partial charge in [0.15, 0.2) is 0 Å². The molecule has 4 atom stereocenters. The third-order valence-corrected chi connectivity index (χ3v) is 6.45. The van der Waals surface area contributed by atoms with E-state index < -0.39 is 0 Å². The minimum Gasteiger partial charge on any atom is -0.354 e. The molecule has 1 aliphatic heterocycles. The molecule has 0 unspecified atom stereocenters. The minimum absolute atomic E-state index is 0.217. The second-order valence-electron chi connectivity index (χ2n) is 8.01. The van der Waals surface area contributed by atoms with E-state index in [1.807, 2.05) is 0 Å². The van der Waals surface area contributed by atoms with Crippen molar-refractivity contribution in [2.24, 2.45) is 11.8 Å². The quantitative estimate of drug-likeness (QED) is 0.655. The van der Waals surface area contributed by atoms with Gasteiger partial charge in [0.1, 0.15) is 6.23 Å². The number of benzene rings is 1. The topological polar surface area (TPSA) is 12.5 Å². The maximum Gasteiger partial charge on any atom is 0.111 e. The fraction of sp³-hybridized carbons (Fsp3) is 0.727. The highest BCUT2D eigenvalue weighted by Gasteiger charge is 2.39. The second-order valence-corrected chi connectivity index (χ2v) is 8.01. The molecule has 2 aliphatic rings. The van der Waals surface area contributed by atoms with Crippen LogP contribution in [0.2, 0.25) is 0 Å². The molecular weight excluding hydrogens is 294 g/mol. The molecular formula is C22H35NO. The Labute approximate surface area is 148 Å². The normalized spacial score (nSPS) is 30.5. The molecule has 0 bridgehead atoms. The Hall–Kier alpha value is -0.860. The van der Waals surface area contributed by atoms with Gasteiger partial charge >= 0.3 is 0 Å². The monoisotopic (exact) mass is 329 g/mol. The summed E-state index contributed by atoms with van der Waals surface area (Å²) in [5.41, 5.74) is 1.32. The summed E-state index contributed by atoms with van der Waals surface area (Å²) in [6, 6.07) is 11.2. The zero-order valence-corrected chi connectivity index (χ0v) is 15.8. The summed E-state index contributed by atoms with van der Waals surface area (Å²) in [6.07, 6.45) is 11.6. The standard InChI is InChI=1S/C22H35NO/c1-4-11-20(18-12-7-5-8-13-18)16-21-23(3)17(2)22(24-21)19-14-9-6-10-15-19/h6,9-10,14-15,17-18,20-22H,4-5,7-8,11-13,16H2,1-3H3/t17-,20-,21-,22-/m0/s1. The van der Waals surface area contributed by atoms with Gasteiger partial charge in [-0.15, -0.1) is 0 Å². The number of rotatable bonds is 6. The van der Waals surface area contributed by atoms with Crippen molar-refractivity contribution >= 4 is 0 Å². The number of nitrogens with zero attached hydrogens (tertiary/aromatic N) is 1. The van der Waals surface area contributed by atoms with Crippen LogP contribution < -0.4 is 0 Å². The molecule has 2 heteroatoms. The summed E-state index contributed by atoms with van der Waals surface area (Å²) in [5.74, 6) is 1.77. The summed E-state index contributed by atoms with van der Waals surface area (Å²) in [6.45, 7) is 4.65. The molecule has 0 spiro atoms. The molecule has 1 saturated heterocycles. The first-order valence-electron chi connectivity index (χ1n) is 10.1. The lowest BCUT2D eigenvalue weighted by atomic mass is 9.76. The number of likely N-dealkylation sites (N-methyl/N-ethyl adjacent to an activating group) is 1. The number of hydrogen-bond donors (Lipinski definition) is 0. The largest absolute Gasteiger partial charge is 0.354 e. The highest BCUT2D eigenvalue weighted by atomic mass is 16.5. The first-order chi connectivity index (χ1) is 11.7. The van der Waals surface area contributed by atoms with E-state index in [1.54, 1.807) is 0 Å². The Balaban J connectivity index is 1.66. The number of ether oxygens (including phenoxy) is 1. The van der Waals surface area contributed by atoms with Crippen molar-refractivity contribution in [3.05, 3.63) is 35.9 Å². The van der Waals surface area contributed by atoms with Gasteiger partial charge in [-0.1, -0.05) is 82.2 Å². The zero-order valence-electron chi connectivity index (χ0n) is 15.8. The summed E-state index contributed by atoms with van der Waals surface area (Å²) in [5, 5.41) is 0. The predicted octanol–water partition coefficient (Wildman–Crippen LogP) is 5.79. The predicted molar refractivity (Wildman–Crippen MR) is 101 cm³/mol. The molecule has 24 heavy (non-hydrogen) atoms. The van der Waals surface area contributed by atoms with Gasteiger partial charge in [-0.05, 0) is 37.8 Å². The Morgan fingerprint density at radius 1 is 1.12 bits per heavy atom. The van der Waals surface area contributed by atoms with Gasteiger partial charge in [0.25, 0.3) is 0 Å². The van der Waals surface area contributed by atoms with Crippen molar-refractivity contribution < 1.29 is 4.74 Å². The van der Waals surface area contributed by atoms with Crippen LogP contribution in [0.5, 0.6) is 0 Å². The van der Waals surface area contributed by atoms with E-state index in [-0.39, 0.29) is 12.3 Å². The van der Waals surface area contributed by atoms with Gasteiger partial charge in [-0.3, -0.25) is 4.90 Å².